The molecule has 1 atom stereocenters. The summed E-state index contributed by atoms with van der Waals surface area (Å²) >= 11 is 12.0. The number of carbonyl (C=O) groups excluding carboxylic acids is 1. The van der Waals surface area contributed by atoms with E-state index in [0.717, 1.165) is 24.9 Å². The normalized spacial score (nSPS) is 17.8. The molecule has 0 aliphatic carbocycles. The van der Waals surface area contributed by atoms with Gasteiger partial charge in [-0.3, -0.25) is 4.79 Å². The van der Waals surface area contributed by atoms with Crippen LogP contribution in [-0.2, 0) is 11.3 Å². The highest BCUT2D eigenvalue weighted by Gasteiger charge is 2.25. The van der Waals surface area contributed by atoms with Crippen molar-refractivity contribution in [1.82, 2.24) is 4.90 Å². The second-order valence-corrected chi connectivity index (χ2v) is 6.77. The quantitative estimate of drug-likeness (QED) is 0.779. The van der Waals surface area contributed by atoms with Crippen LogP contribution in [0.25, 0.3) is 0 Å². The summed E-state index contributed by atoms with van der Waals surface area (Å²) in [5.74, 6) is 0.0257. The average Bonchev–Trinajstić information content (AvgIpc) is 2.61. The standard InChI is InChI=1S/C19H19Cl2NO2/c20-16-9-7-14(8-10-16)19(23)22-11-3-5-17(12-22)24-13-15-4-1-2-6-18(15)21/h1-2,4,6-10,17H,3,5,11-13H2/t17-/m0/s1. The van der Waals surface area contributed by atoms with Gasteiger partial charge in [0.1, 0.15) is 0 Å². The minimum atomic E-state index is 0.0257. The lowest BCUT2D eigenvalue weighted by Gasteiger charge is -2.32. The van der Waals surface area contributed by atoms with Gasteiger partial charge in [0.05, 0.1) is 12.7 Å². The Bertz CT molecular complexity index is 703. The predicted molar refractivity (Wildman–Crippen MR) is 96.6 cm³/mol. The Hall–Kier alpha value is -1.55. The van der Waals surface area contributed by atoms with E-state index in [0.29, 0.717) is 28.8 Å². The molecule has 0 aromatic heterocycles. The largest absolute Gasteiger partial charge is 0.372 e. The van der Waals surface area contributed by atoms with E-state index in [1.165, 1.54) is 0 Å². The van der Waals surface area contributed by atoms with E-state index in [1.54, 1.807) is 24.3 Å². The average molecular weight is 364 g/mol. The van der Waals surface area contributed by atoms with Gasteiger partial charge >= 0.3 is 0 Å². The Morgan fingerprint density at radius 3 is 2.62 bits per heavy atom. The van der Waals surface area contributed by atoms with E-state index in [-0.39, 0.29) is 12.0 Å². The molecule has 1 aliphatic rings. The zero-order valence-electron chi connectivity index (χ0n) is 13.3. The first-order valence-corrected chi connectivity index (χ1v) is 8.79. The zero-order chi connectivity index (χ0) is 16.9. The Morgan fingerprint density at radius 1 is 1.12 bits per heavy atom. The van der Waals surface area contributed by atoms with Crippen molar-refractivity contribution in [2.45, 2.75) is 25.6 Å². The molecule has 3 rings (SSSR count). The van der Waals surface area contributed by atoms with Gasteiger partial charge in [-0.1, -0.05) is 41.4 Å². The molecule has 5 heteroatoms. The predicted octanol–water partition coefficient (Wildman–Crippen LogP) is 4.81. The summed E-state index contributed by atoms with van der Waals surface area (Å²) in [5, 5.41) is 1.34. The summed E-state index contributed by atoms with van der Waals surface area (Å²) in [6.45, 7) is 1.83. The number of hydrogen-bond donors (Lipinski definition) is 0. The van der Waals surface area contributed by atoms with Crippen LogP contribution in [0.2, 0.25) is 10.0 Å². The first-order chi connectivity index (χ1) is 11.6. The number of benzene rings is 2. The van der Waals surface area contributed by atoms with E-state index < -0.39 is 0 Å². The molecular formula is C19H19Cl2NO2. The van der Waals surface area contributed by atoms with E-state index >= 15 is 0 Å². The summed E-state index contributed by atoms with van der Waals surface area (Å²) in [7, 11) is 0. The highest BCUT2D eigenvalue weighted by molar-refractivity contribution is 6.31. The van der Waals surface area contributed by atoms with Crippen LogP contribution in [0.3, 0.4) is 0 Å². The van der Waals surface area contributed by atoms with Crippen LogP contribution in [0.15, 0.2) is 48.5 Å². The maximum Gasteiger partial charge on any atom is 0.253 e. The Labute approximate surface area is 152 Å². The number of hydrogen-bond acceptors (Lipinski definition) is 2. The Morgan fingerprint density at radius 2 is 1.88 bits per heavy atom. The summed E-state index contributed by atoms with van der Waals surface area (Å²) in [4.78, 5) is 14.4. The Balaban J connectivity index is 1.59. The number of ether oxygens (including phenoxy) is 1. The monoisotopic (exact) mass is 363 g/mol. The fraction of sp³-hybridized carbons (Fsp3) is 0.316. The molecular weight excluding hydrogens is 345 g/mol. The van der Waals surface area contributed by atoms with E-state index in [1.807, 2.05) is 29.2 Å². The summed E-state index contributed by atoms with van der Waals surface area (Å²) in [6, 6.07) is 14.7. The number of halogens is 2. The molecule has 0 spiro atoms. The number of carbonyl (C=O) groups is 1. The molecule has 3 nitrogen and oxygen atoms in total. The lowest BCUT2D eigenvalue weighted by molar-refractivity contribution is -0.00670. The number of amides is 1. The smallest absolute Gasteiger partial charge is 0.253 e. The van der Waals surface area contributed by atoms with Gasteiger partial charge in [0.25, 0.3) is 5.91 Å². The molecule has 0 saturated carbocycles. The molecule has 0 unspecified atom stereocenters. The summed E-state index contributed by atoms with van der Waals surface area (Å²) in [5.41, 5.74) is 1.63. The van der Waals surface area contributed by atoms with Crippen LogP contribution in [0, 0.1) is 0 Å². The first kappa shape index (κ1) is 17.3. The summed E-state index contributed by atoms with van der Waals surface area (Å²) < 4.78 is 5.99. The van der Waals surface area contributed by atoms with Gasteiger partial charge in [0.15, 0.2) is 0 Å². The van der Waals surface area contributed by atoms with Crippen LogP contribution < -0.4 is 0 Å². The molecule has 2 aromatic rings. The number of nitrogens with zero attached hydrogens (tertiary/aromatic N) is 1. The van der Waals surface area contributed by atoms with Gasteiger partial charge in [0.2, 0.25) is 0 Å². The second kappa shape index (κ2) is 8.02. The molecule has 2 aromatic carbocycles. The van der Waals surface area contributed by atoms with Crippen molar-refractivity contribution in [3.05, 3.63) is 69.7 Å². The van der Waals surface area contributed by atoms with Gasteiger partial charge in [-0.25, -0.2) is 0 Å². The molecule has 1 fully saturated rings. The summed E-state index contributed by atoms with van der Waals surface area (Å²) in [6.07, 6.45) is 1.92. The molecule has 24 heavy (non-hydrogen) atoms. The molecule has 1 saturated heterocycles. The van der Waals surface area contributed by atoms with Crippen molar-refractivity contribution < 1.29 is 9.53 Å². The van der Waals surface area contributed by atoms with Crippen LogP contribution in [0.5, 0.6) is 0 Å². The van der Waals surface area contributed by atoms with Gasteiger partial charge in [-0.2, -0.15) is 0 Å². The molecule has 1 heterocycles. The van der Waals surface area contributed by atoms with Gasteiger partial charge in [0, 0.05) is 28.7 Å². The molecule has 1 amide bonds. The van der Waals surface area contributed by atoms with Crippen molar-refractivity contribution in [3.8, 4) is 0 Å². The van der Waals surface area contributed by atoms with E-state index in [4.69, 9.17) is 27.9 Å². The topological polar surface area (TPSA) is 29.5 Å². The van der Waals surface area contributed by atoms with Gasteiger partial charge in [-0.15, -0.1) is 0 Å². The molecule has 0 radical (unpaired) electrons. The van der Waals surface area contributed by atoms with Crippen molar-refractivity contribution in [2.75, 3.05) is 13.1 Å². The van der Waals surface area contributed by atoms with Crippen LogP contribution >= 0.6 is 23.2 Å². The first-order valence-electron chi connectivity index (χ1n) is 8.03. The third kappa shape index (κ3) is 4.29. The minimum Gasteiger partial charge on any atom is -0.372 e. The fourth-order valence-corrected chi connectivity index (χ4v) is 3.17. The van der Waals surface area contributed by atoms with Gasteiger partial charge < -0.3 is 9.64 Å². The maximum atomic E-state index is 12.6. The highest BCUT2D eigenvalue weighted by atomic mass is 35.5. The van der Waals surface area contributed by atoms with Crippen molar-refractivity contribution in [2.24, 2.45) is 0 Å². The Kier molecular flexibility index (Phi) is 5.77. The number of piperidine rings is 1. The molecule has 0 N–H and O–H groups in total. The second-order valence-electron chi connectivity index (χ2n) is 5.92. The maximum absolute atomic E-state index is 12.6. The molecule has 126 valence electrons. The number of rotatable bonds is 4. The van der Waals surface area contributed by atoms with Crippen LogP contribution in [0.4, 0.5) is 0 Å². The van der Waals surface area contributed by atoms with Crippen molar-refractivity contribution in [1.29, 1.82) is 0 Å². The zero-order valence-corrected chi connectivity index (χ0v) is 14.8. The molecule has 0 bridgehead atoms. The van der Waals surface area contributed by atoms with Crippen LogP contribution in [-0.4, -0.2) is 30.0 Å². The SMILES string of the molecule is O=C(c1ccc(Cl)cc1)N1CCC[C@H](OCc2ccccc2Cl)C1. The lowest BCUT2D eigenvalue weighted by atomic mass is 10.1. The van der Waals surface area contributed by atoms with E-state index in [2.05, 4.69) is 0 Å². The number of likely N-dealkylation sites (tertiary alicyclic amines) is 1. The van der Waals surface area contributed by atoms with Crippen molar-refractivity contribution in [3.63, 3.8) is 0 Å². The van der Waals surface area contributed by atoms with Crippen molar-refractivity contribution >= 4 is 29.1 Å². The fourth-order valence-electron chi connectivity index (χ4n) is 2.86. The highest BCUT2D eigenvalue weighted by Crippen LogP contribution is 2.21. The molecule has 1 aliphatic heterocycles. The van der Waals surface area contributed by atoms with Gasteiger partial charge in [-0.05, 0) is 48.7 Å². The third-order valence-corrected chi connectivity index (χ3v) is 4.81. The third-order valence-electron chi connectivity index (χ3n) is 4.19. The minimum absolute atomic E-state index is 0.0257. The lowest BCUT2D eigenvalue weighted by Crippen LogP contribution is -2.43. The van der Waals surface area contributed by atoms with Crippen LogP contribution in [0.1, 0.15) is 28.8 Å². The van der Waals surface area contributed by atoms with E-state index in [9.17, 15) is 4.79 Å².